The highest BCUT2D eigenvalue weighted by molar-refractivity contribution is 5.80. The molecule has 0 aromatic heterocycles. The Bertz CT molecular complexity index is 702. The van der Waals surface area contributed by atoms with Gasteiger partial charge in [0.2, 0.25) is 0 Å². The third kappa shape index (κ3) is 5.35. The summed E-state index contributed by atoms with van der Waals surface area (Å²) < 4.78 is 31.2. The van der Waals surface area contributed by atoms with Crippen LogP contribution in [0.4, 0.5) is 13.6 Å². The highest BCUT2D eigenvalue weighted by Crippen LogP contribution is 2.11. The maximum atomic E-state index is 13.2. The van der Waals surface area contributed by atoms with Crippen LogP contribution in [0, 0.1) is 11.6 Å². The smallest absolute Gasteiger partial charge is 0.408 e. The van der Waals surface area contributed by atoms with Gasteiger partial charge in [-0.25, -0.2) is 18.4 Å². The molecule has 0 heterocycles. The number of amides is 1. The third-order valence-electron chi connectivity index (χ3n) is 3.17. The molecular weight excluding hydrogens is 320 g/mol. The maximum absolute atomic E-state index is 13.2. The molecule has 5 nitrogen and oxygen atoms in total. The summed E-state index contributed by atoms with van der Waals surface area (Å²) in [4.78, 5) is 22.9. The lowest BCUT2D eigenvalue weighted by atomic mass is 10.1. The summed E-state index contributed by atoms with van der Waals surface area (Å²) >= 11 is 0. The van der Waals surface area contributed by atoms with Crippen molar-refractivity contribution < 1.29 is 28.2 Å². The first-order valence-corrected chi connectivity index (χ1v) is 7.09. The molecule has 1 amide bonds. The van der Waals surface area contributed by atoms with Gasteiger partial charge in [-0.15, -0.1) is 0 Å². The van der Waals surface area contributed by atoms with E-state index < -0.39 is 29.7 Å². The summed E-state index contributed by atoms with van der Waals surface area (Å²) in [6, 6.07) is 10.2. The van der Waals surface area contributed by atoms with Gasteiger partial charge in [0.25, 0.3) is 0 Å². The van der Waals surface area contributed by atoms with E-state index in [1.165, 1.54) is 0 Å². The number of halogens is 2. The van der Waals surface area contributed by atoms with E-state index in [1.54, 1.807) is 24.3 Å². The summed E-state index contributed by atoms with van der Waals surface area (Å²) in [5.74, 6) is -2.97. The van der Waals surface area contributed by atoms with Gasteiger partial charge in [0.15, 0.2) is 0 Å². The Morgan fingerprint density at radius 2 is 1.67 bits per heavy atom. The van der Waals surface area contributed by atoms with Gasteiger partial charge in [-0.1, -0.05) is 30.3 Å². The molecule has 7 heteroatoms. The Labute approximate surface area is 136 Å². The Morgan fingerprint density at radius 1 is 1.04 bits per heavy atom. The molecule has 24 heavy (non-hydrogen) atoms. The summed E-state index contributed by atoms with van der Waals surface area (Å²) in [6.07, 6.45) is -1.20. The highest BCUT2D eigenvalue weighted by Gasteiger charge is 2.21. The van der Waals surface area contributed by atoms with Gasteiger partial charge < -0.3 is 15.2 Å². The fourth-order valence-corrected chi connectivity index (χ4v) is 2.07. The fraction of sp³-hybridized carbons (Fsp3) is 0.176. The summed E-state index contributed by atoms with van der Waals surface area (Å²) in [6.45, 7) is -0.0202. The van der Waals surface area contributed by atoms with Gasteiger partial charge in [-0.05, 0) is 23.3 Å². The first-order valence-electron chi connectivity index (χ1n) is 7.09. The standard InChI is InChI=1S/C17H15F2NO4/c18-13-6-12(7-14(19)9-13)8-15(16(21)22)20-17(23)24-10-11-4-2-1-3-5-11/h1-7,9,15H,8,10H2,(H,20,23)(H,21,22)/t15-/m1/s1. The largest absolute Gasteiger partial charge is 0.480 e. The zero-order valence-electron chi connectivity index (χ0n) is 12.5. The van der Waals surface area contributed by atoms with Gasteiger partial charge in [0, 0.05) is 12.5 Å². The molecule has 0 fully saturated rings. The average Bonchev–Trinajstić information content (AvgIpc) is 2.52. The number of rotatable bonds is 6. The van der Waals surface area contributed by atoms with Crippen molar-refractivity contribution in [3.8, 4) is 0 Å². The Kier molecular flexibility index (Phi) is 5.83. The number of alkyl carbamates (subject to hydrolysis) is 1. The van der Waals surface area contributed by atoms with Crippen molar-refractivity contribution >= 4 is 12.1 Å². The van der Waals surface area contributed by atoms with E-state index in [4.69, 9.17) is 9.84 Å². The van der Waals surface area contributed by atoms with Crippen LogP contribution in [-0.2, 0) is 22.6 Å². The number of carboxylic acid groups (broad SMARTS) is 1. The van der Waals surface area contributed by atoms with Crippen molar-refractivity contribution in [2.75, 3.05) is 0 Å². The second kappa shape index (κ2) is 8.05. The summed E-state index contributed by atoms with van der Waals surface area (Å²) in [7, 11) is 0. The molecule has 0 radical (unpaired) electrons. The van der Waals surface area contributed by atoms with E-state index >= 15 is 0 Å². The van der Waals surface area contributed by atoms with Crippen LogP contribution in [0.1, 0.15) is 11.1 Å². The average molecular weight is 335 g/mol. The molecule has 0 aliphatic heterocycles. The maximum Gasteiger partial charge on any atom is 0.408 e. The number of carboxylic acids is 1. The van der Waals surface area contributed by atoms with Gasteiger partial charge in [-0.2, -0.15) is 0 Å². The zero-order chi connectivity index (χ0) is 17.5. The molecule has 126 valence electrons. The molecule has 0 saturated heterocycles. The molecular formula is C17H15F2NO4. The van der Waals surface area contributed by atoms with E-state index in [9.17, 15) is 18.4 Å². The monoisotopic (exact) mass is 335 g/mol. The third-order valence-corrected chi connectivity index (χ3v) is 3.17. The topological polar surface area (TPSA) is 75.6 Å². The highest BCUT2D eigenvalue weighted by atomic mass is 19.1. The number of nitrogens with one attached hydrogen (secondary N) is 1. The van der Waals surface area contributed by atoms with Crippen molar-refractivity contribution in [3.63, 3.8) is 0 Å². The van der Waals surface area contributed by atoms with Crippen LogP contribution in [0.5, 0.6) is 0 Å². The number of hydrogen-bond donors (Lipinski definition) is 2. The van der Waals surface area contributed by atoms with Crippen LogP contribution in [0.25, 0.3) is 0 Å². The second-order valence-electron chi connectivity index (χ2n) is 5.08. The van der Waals surface area contributed by atoms with Crippen LogP contribution >= 0.6 is 0 Å². The number of hydrogen-bond acceptors (Lipinski definition) is 3. The number of carbonyl (C=O) groups is 2. The number of aliphatic carboxylic acids is 1. The van der Waals surface area contributed by atoms with E-state index in [2.05, 4.69) is 5.32 Å². The Balaban J connectivity index is 1.95. The minimum atomic E-state index is -1.37. The van der Waals surface area contributed by atoms with Crippen LogP contribution < -0.4 is 5.32 Å². The molecule has 2 rings (SSSR count). The molecule has 0 saturated carbocycles. The van der Waals surface area contributed by atoms with E-state index in [0.29, 0.717) is 6.07 Å². The molecule has 0 aliphatic rings. The predicted octanol–water partition coefficient (Wildman–Crippen LogP) is 2.89. The lowest BCUT2D eigenvalue weighted by molar-refractivity contribution is -0.139. The van der Waals surface area contributed by atoms with E-state index in [0.717, 1.165) is 17.7 Å². The molecule has 2 aromatic rings. The Hall–Kier alpha value is -2.96. The van der Waals surface area contributed by atoms with Gasteiger partial charge in [0.1, 0.15) is 24.3 Å². The van der Waals surface area contributed by atoms with E-state index in [1.807, 2.05) is 6.07 Å². The summed E-state index contributed by atoms with van der Waals surface area (Å²) in [5, 5.41) is 11.3. The number of benzene rings is 2. The molecule has 1 atom stereocenters. The lowest BCUT2D eigenvalue weighted by Crippen LogP contribution is -2.42. The normalized spacial score (nSPS) is 11.6. The zero-order valence-corrected chi connectivity index (χ0v) is 12.5. The fourth-order valence-electron chi connectivity index (χ4n) is 2.07. The van der Waals surface area contributed by atoms with Gasteiger partial charge in [0.05, 0.1) is 0 Å². The van der Waals surface area contributed by atoms with Crippen molar-refractivity contribution in [2.24, 2.45) is 0 Å². The first kappa shape index (κ1) is 17.4. The Morgan fingerprint density at radius 3 is 2.25 bits per heavy atom. The molecule has 2 aromatic carbocycles. The van der Waals surface area contributed by atoms with Crippen molar-refractivity contribution in [1.29, 1.82) is 0 Å². The minimum absolute atomic E-state index is 0.0202. The lowest BCUT2D eigenvalue weighted by Gasteiger charge is -2.15. The molecule has 0 spiro atoms. The number of carbonyl (C=O) groups excluding carboxylic acids is 1. The molecule has 0 aliphatic carbocycles. The van der Waals surface area contributed by atoms with Crippen LogP contribution in [0.2, 0.25) is 0 Å². The van der Waals surface area contributed by atoms with Crippen molar-refractivity contribution in [3.05, 3.63) is 71.3 Å². The van der Waals surface area contributed by atoms with E-state index in [-0.39, 0.29) is 18.6 Å². The van der Waals surface area contributed by atoms with Gasteiger partial charge >= 0.3 is 12.1 Å². The molecule has 0 unspecified atom stereocenters. The van der Waals surface area contributed by atoms with Crippen LogP contribution in [-0.4, -0.2) is 23.2 Å². The number of ether oxygens (including phenoxy) is 1. The van der Waals surface area contributed by atoms with Crippen LogP contribution in [0.15, 0.2) is 48.5 Å². The second-order valence-corrected chi connectivity index (χ2v) is 5.08. The SMILES string of the molecule is O=C(N[C@H](Cc1cc(F)cc(F)c1)C(=O)O)OCc1ccccc1. The van der Waals surface area contributed by atoms with Crippen molar-refractivity contribution in [1.82, 2.24) is 5.32 Å². The quantitative estimate of drug-likeness (QED) is 0.851. The van der Waals surface area contributed by atoms with Gasteiger partial charge in [-0.3, -0.25) is 0 Å². The molecule has 0 bridgehead atoms. The van der Waals surface area contributed by atoms with Crippen molar-refractivity contribution in [2.45, 2.75) is 19.1 Å². The molecule has 2 N–H and O–H groups in total. The minimum Gasteiger partial charge on any atom is -0.480 e. The summed E-state index contributed by atoms with van der Waals surface area (Å²) in [5.41, 5.74) is 0.856. The first-order chi connectivity index (χ1) is 11.4. The van der Waals surface area contributed by atoms with Crippen LogP contribution in [0.3, 0.4) is 0 Å². The predicted molar refractivity (Wildman–Crippen MR) is 81.2 cm³/mol.